The average Bonchev–Trinajstić information content (AvgIpc) is 2.85. The molecule has 118 valence electrons. The highest BCUT2D eigenvalue weighted by Crippen LogP contribution is 2.24. The predicted molar refractivity (Wildman–Crippen MR) is 86.6 cm³/mol. The summed E-state index contributed by atoms with van der Waals surface area (Å²) in [6.45, 7) is 11.1. The third-order valence-electron chi connectivity index (χ3n) is 3.93. The largest absolute Gasteiger partial charge is 0.370 e. The first-order chi connectivity index (χ1) is 10.4. The van der Waals surface area contributed by atoms with Gasteiger partial charge >= 0.3 is 0 Å². The lowest BCUT2D eigenvalue weighted by Crippen LogP contribution is -2.51. The van der Waals surface area contributed by atoms with Crippen LogP contribution in [0.4, 0.5) is 0 Å². The number of rotatable bonds is 3. The van der Waals surface area contributed by atoms with Gasteiger partial charge in [-0.1, -0.05) is 35.0 Å². The van der Waals surface area contributed by atoms with E-state index in [2.05, 4.69) is 62.0 Å². The van der Waals surface area contributed by atoms with E-state index in [1.165, 1.54) is 5.56 Å². The summed E-state index contributed by atoms with van der Waals surface area (Å²) in [5.41, 5.74) is 3.13. The number of benzene rings is 1. The Labute approximate surface area is 132 Å². The van der Waals surface area contributed by atoms with Crippen LogP contribution in [0, 0.1) is 6.92 Å². The zero-order valence-electron chi connectivity index (χ0n) is 13.8. The standard InChI is InChI=1S/C18H24N2O2/c1-13-5-7-15(8-6-13)17-9-16(22-19-17)11-20-10-14(2)21-18(3,4)12-20/h5-9,14H,10-12H2,1-4H3. The van der Waals surface area contributed by atoms with Crippen LogP contribution in [0.2, 0.25) is 0 Å². The summed E-state index contributed by atoms with van der Waals surface area (Å²) in [6, 6.07) is 10.4. The molecule has 4 nitrogen and oxygen atoms in total. The minimum absolute atomic E-state index is 0.114. The fourth-order valence-corrected chi connectivity index (χ4v) is 3.17. The summed E-state index contributed by atoms with van der Waals surface area (Å²) in [6.07, 6.45) is 0.239. The fourth-order valence-electron chi connectivity index (χ4n) is 3.17. The molecule has 22 heavy (non-hydrogen) atoms. The van der Waals surface area contributed by atoms with Crippen LogP contribution in [0.15, 0.2) is 34.9 Å². The molecule has 1 aliphatic rings. The van der Waals surface area contributed by atoms with E-state index in [0.717, 1.165) is 36.7 Å². The van der Waals surface area contributed by atoms with Gasteiger partial charge in [0.05, 0.1) is 18.2 Å². The van der Waals surface area contributed by atoms with Crippen molar-refractivity contribution in [1.29, 1.82) is 0 Å². The lowest BCUT2D eigenvalue weighted by atomic mass is 10.1. The molecule has 1 aromatic carbocycles. The highest BCUT2D eigenvalue weighted by atomic mass is 16.5. The zero-order valence-corrected chi connectivity index (χ0v) is 13.8. The third kappa shape index (κ3) is 3.57. The normalized spacial score (nSPS) is 21.9. The lowest BCUT2D eigenvalue weighted by Gasteiger charge is -2.41. The van der Waals surface area contributed by atoms with Crippen molar-refractivity contribution in [1.82, 2.24) is 10.1 Å². The molecule has 2 aromatic rings. The third-order valence-corrected chi connectivity index (χ3v) is 3.93. The van der Waals surface area contributed by atoms with Gasteiger partial charge in [-0.25, -0.2) is 0 Å². The van der Waals surface area contributed by atoms with Crippen molar-refractivity contribution in [2.45, 2.75) is 45.9 Å². The monoisotopic (exact) mass is 300 g/mol. The maximum atomic E-state index is 5.94. The van der Waals surface area contributed by atoms with E-state index < -0.39 is 0 Å². The van der Waals surface area contributed by atoms with E-state index in [-0.39, 0.29) is 11.7 Å². The first kappa shape index (κ1) is 15.3. The Morgan fingerprint density at radius 2 is 2.00 bits per heavy atom. The van der Waals surface area contributed by atoms with Crippen LogP contribution < -0.4 is 0 Å². The minimum Gasteiger partial charge on any atom is -0.370 e. The molecule has 0 bridgehead atoms. The number of aryl methyl sites for hydroxylation is 1. The molecular weight excluding hydrogens is 276 g/mol. The summed E-state index contributed by atoms with van der Waals surface area (Å²) in [7, 11) is 0. The number of hydrogen-bond acceptors (Lipinski definition) is 4. The molecule has 1 saturated heterocycles. The molecular formula is C18H24N2O2. The molecule has 1 unspecified atom stereocenters. The van der Waals surface area contributed by atoms with Gasteiger partial charge in [0.2, 0.25) is 0 Å². The lowest BCUT2D eigenvalue weighted by molar-refractivity contribution is -0.131. The first-order valence-electron chi connectivity index (χ1n) is 7.84. The van der Waals surface area contributed by atoms with Crippen LogP contribution in [0.25, 0.3) is 11.3 Å². The van der Waals surface area contributed by atoms with Crippen molar-refractivity contribution in [2.75, 3.05) is 13.1 Å². The quantitative estimate of drug-likeness (QED) is 0.867. The molecule has 1 aliphatic heterocycles. The van der Waals surface area contributed by atoms with Gasteiger partial charge in [-0.15, -0.1) is 0 Å². The first-order valence-corrected chi connectivity index (χ1v) is 7.84. The summed E-state index contributed by atoms with van der Waals surface area (Å²) in [5.74, 6) is 0.903. The topological polar surface area (TPSA) is 38.5 Å². The second-order valence-corrected chi connectivity index (χ2v) is 6.90. The van der Waals surface area contributed by atoms with Gasteiger partial charge in [-0.05, 0) is 27.7 Å². The Balaban J connectivity index is 1.70. The summed E-state index contributed by atoms with van der Waals surface area (Å²) in [4.78, 5) is 2.37. The smallest absolute Gasteiger partial charge is 0.151 e. The summed E-state index contributed by atoms with van der Waals surface area (Å²) >= 11 is 0. The Bertz CT molecular complexity index is 631. The molecule has 3 rings (SSSR count). The number of morpholine rings is 1. The van der Waals surface area contributed by atoms with E-state index in [0.29, 0.717) is 0 Å². The molecule has 1 fully saturated rings. The van der Waals surface area contributed by atoms with Crippen LogP contribution in [0.5, 0.6) is 0 Å². The van der Waals surface area contributed by atoms with Gasteiger partial charge in [0.25, 0.3) is 0 Å². The summed E-state index contributed by atoms with van der Waals surface area (Å²) < 4.78 is 11.5. The van der Waals surface area contributed by atoms with Crippen molar-refractivity contribution >= 4 is 0 Å². The van der Waals surface area contributed by atoms with Gasteiger partial charge in [0.15, 0.2) is 5.76 Å². The highest BCUT2D eigenvalue weighted by Gasteiger charge is 2.31. The van der Waals surface area contributed by atoms with Gasteiger partial charge in [0.1, 0.15) is 5.69 Å². The average molecular weight is 300 g/mol. The number of aromatic nitrogens is 1. The second-order valence-electron chi connectivity index (χ2n) is 6.90. The Kier molecular flexibility index (Phi) is 4.06. The Hall–Kier alpha value is -1.65. The van der Waals surface area contributed by atoms with Crippen molar-refractivity contribution in [3.8, 4) is 11.3 Å². The predicted octanol–water partition coefficient (Wildman–Crippen LogP) is 3.65. The maximum Gasteiger partial charge on any atom is 0.151 e. The molecule has 4 heteroatoms. The van der Waals surface area contributed by atoms with E-state index in [4.69, 9.17) is 9.26 Å². The summed E-state index contributed by atoms with van der Waals surface area (Å²) in [5, 5.41) is 4.20. The molecule has 0 saturated carbocycles. The van der Waals surface area contributed by atoms with E-state index in [9.17, 15) is 0 Å². The molecule has 2 heterocycles. The van der Waals surface area contributed by atoms with Gasteiger partial charge in [-0.3, -0.25) is 4.90 Å². The van der Waals surface area contributed by atoms with Crippen molar-refractivity contribution < 1.29 is 9.26 Å². The van der Waals surface area contributed by atoms with E-state index in [1.807, 2.05) is 6.07 Å². The molecule has 1 atom stereocenters. The number of hydrogen-bond donors (Lipinski definition) is 0. The number of nitrogens with zero attached hydrogens (tertiary/aromatic N) is 2. The van der Waals surface area contributed by atoms with Gasteiger partial charge < -0.3 is 9.26 Å². The van der Waals surface area contributed by atoms with Crippen molar-refractivity contribution in [3.63, 3.8) is 0 Å². The van der Waals surface area contributed by atoms with Crippen molar-refractivity contribution in [3.05, 3.63) is 41.7 Å². The van der Waals surface area contributed by atoms with E-state index in [1.54, 1.807) is 0 Å². The number of ether oxygens (including phenoxy) is 1. The second kappa shape index (κ2) is 5.86. The Morgan fingerprint density at radius 1 is 1.27 bits per heavy atom. The molecule has 1 aromatic heterocycles. The SMILES string of the molecule is Cc1ccc(-c2cc(CN3CC(C)OC(C)(C)C3)on2)cc1. The minimum atomic E-state index is -0.114. The van der Waals surface area contributed by atoms with Gasteiger partial charge in [-0.2, -0.15) is 0 Å². The molecule has 0 spiro atoms. The maximum absolute atomic E-state index is 5.94. The molecule has 0 radical (unpaired) electrons. The van der Waals surface area contributed by atoms with Crippen LogP contribution in [-0.4, -0.2) is 34.9 Å². The Morgan fingerprint density at radius 3 is 2.68 bits per heavy atom. The molecule has 0 aliphatic carbocycles. The van der Waals surface area contributed by atoms with E-state index >= 15 is 0 Å². The zero-order chi connectivity index (χ0) is 15.7. The van der Waals surface area contributed by atoms with Crippen LogP contribution in [0.1, 0.15) is 32.1 Å². The van der Waals surface area contributed by atoms with Gasteiger partial charge in [0, 0.05) is 24.7 Å². The van der Waals surface area contributed by atoms with Crippen LogP contribution >= 0.6 is 0 Å². The highest BCUT2D eigenvalue weighted by molar-refractivity contribution is 5.59. The molecule has 0 amide bonds. The van der Waals surface area contributed by atoms with Crippen LogP contribution in [-0.2, 0) is 11.3 Å². The molecule has 0 N–H and O–H groups in total. The van der Waals surface area contributed by atoms with Crippen molar-refractivity contribution in [2.24, 2.45) is 0 Å². The fraction of sp³-hybridized carbons (Fsp3) is 0.500. The van der Waals surface area contributed by atoms with Crippen LogP contribution in [0.3, 0.4) is 0 Å².